The van der Waals surface area contributed by atoms with Crippen LogP contribution in [0.3, 0.4) is 0 Å². The fraction of sp³-hybridized carbons (Fsp3) is 0.357. The highest BCUT2D eigenvalue weighted by atomic mass is 35.5. The normalized spacial score (nSPS) is 13.2. The van der Waals surface area contributed by atoms with Crippen LogP contribution in [0.4, 0.5) is 15.0 Å². The van der Waals surface area contributed by atoms with Crippen molar-refractivity contribution in [1.29, 1.82) is 5.26 Å². The number of rotatable bonds is 6. The molecule has 0 unspecified atom stereocenters. The fourth-order valence-electron chi connectivity index (χ4n) is 4.49. The lowest BCUT2D eigenvalue weighted by atomic mass is 9.98. The number of carbonyl (C=O) groups is 1. The van der Waals surface area contributed by atoms with Gasteiger partial charge in [-0.2, -0.15) is 15.5 Å². The number of ether oxygens (including phenoxy) is 2. The summed E-state index contributed by atoms with van der Waals surface area (Å²) in [5.41, 5.74) is 5.32. The molecule has 0 aliphatic heterocycles. The molecule has 1 fully saturated rings. The molecule has 3 heterocycles. The minimum atomic E-state index is -0.839. The Hall–Kier alpha value is -4.54. The Labute approximate surface area is 244 Å². The number of pyridine rings is 1. The van der Waals surface area contributed by atoms with E-state index in [9.17, 15) is 14.9 Å². The second-order valence-electron chi connectivity index (χ2n) is 10.9. The molecule has 1 aliphatic carbocycles. The summed E-state index contributed by atoms with van der Waals surface area (Å²) in [4.78, 5) is 31.9. The van der Waals surface area contributed by atoms with Gasteiger partial charge >= 0.3 is 6.09 Å². The molecule has 0 spiro atoms. The standard InChI is InChI=1S/C28H28ClFN8O4/c1-28(2,3)42-27(40)37(4)25-22-14(19(11-32)35-36-26(22)39)8-18(34-25)16-12-33-38(5)24(16)21-15(10-31)20(41-13-6-7-13)9-17(29)23(21)30/h8-9,12-13H,6-7,11,32H2,1-5H3,(H,36,39). The molecule has 0 radical (unpaired) electrons. The van der Waals surface area contributed by atoms with Crippen LogP contribution >= 0.6 is 11.6 Å². The molecule has 0 atom stereocenters. The van der Waals surface area contributed by atoms with Crippen LogP contribution < -0.4 is 20.9 Å². The van der Waals surface area contributed by atoms with Crippen LogP contribution in [0.15, 0.2) is 23.1 Å². The van der Waals surface area contributed by atoms with Crippen molar-refractivity contribution in [3.63, 3.8) is 0 Å². The third-order valence-corrected chi connectivity index (χ3v) is 6.85. The number of hydrogen-bond acceptors (Lipinski definition) is 9. The monoisotopic (exact) mass is 594 g/mol. The average Bonchev–Trinajstić information content (AvgIpc) is 3.67. The molecule has 218 valence electrons. The molecule has 4 aromatic rings. The SMILES string of the molecule is CN(C(=O)OC(C)(C)C)c1nc(-c2cnn(C)c2-c2c(F)c(Cl)cc(OC3CC3)c2C#N)cc2c(CN)n[nH]c(=O)c12. The molecule has 12 nitrogen and oxygen atoms in total. The van der Waals surface area contributed by atoms with Gasteiger partial charge in [0.05, 0.1) is 45.4 Å². The van der Waals surface area contributed by atoms with Gasteiger partial charge in [-0.3, -0.25) is 14.4 Å². The van der Waals surface area contributed by atoms with Crippen molar-refractivity contribution in [1.82, 2.24) is 25.0 Å². The zero-order valence-corrected chi connectivity index (χ0v) is 24.3. The summed E-state index contributed by atoms with van der Waals surface area (Å²) in [6.45, 7) is 5.08. The predicted octanol–water partition coefficient (Wildman–Crippen LogP) is 4.42. The first-order valence-corrected chi connectivity index (χ1v) is 13.4. The van der Waals surface area contributed by atoms with Crippen LogP contribution in [-0.4, -0.2) is 49.8 Å². The van der Waals surface area contributed by atoms with Crippen molar-refractivity contribution < 1.29 is 18.7 Å². The van der Waals surface area contributed by atoms with Gasteiger partial charge in [0.25, 0.3) is 5.56 Å². The maximum Gasteiger partial charge on any atom is 0.415 e. The summed E-state index contributed by atoms with van der Waals surface area (Å²) in [5.74, 6) is -0.727. The summed E-state index contributed by atoms with van der Waals surface area (Å²) in [6.07, 6.45) is 2.23. The quantitative estimate of drug-likeness (QED) is 0.328. The third-order valence-electron chi connectivity index (χ3n) is 6.57. The molecule has 3 aromatic heterocycles. The first-order chi connectivity index (χ1) is 19.8. The Morgan fingerprint density at radius 3 is 2.69 bits per heavy atom. The van der Waals surface area contributed by atoms with Gasteiger partial charge in [-0.1, -0.05) is 11.6 Å². The maximum absolute atomic E-state index is 15.8. The summed E-state index contributed by atoms with van der Waals surface area (Å²) in [7, 11) is 2.99. The molecule has 1 amide bonds. The molecule has 14 heteroatoms. The first kappa shape index (κ1) is 29.0. The number of aromatic nitrogens is 5. The fourth-order valence-corrected chi connectivity index (χ4v) is 4.68. The Kier molecular flexibility index (Phi) is 7.38. The van der Waals surface area contributed by atoms with Crippen molar-refractivity contribution >= 4 is 34.3 Å². The van der Waals surface area contributed by atoms with E-state index in [1.807, 2.05) is 0 Å². The maximum atomic E-state index is 15.8. The van der Waals surface area contributed by atoms with E-state index in [-0.39, 0.29) is 62.7 Å². The van der Waals surface area contributed by atoms with Crippen molar-refractivity contribution in [3.05, 3.63) is 50.8 Å². The van der Waals surface area contributed by atoms with Gasteiger partial charge in [0, 0.05) is 37.7 Å². The number of nitriles is 1. The van der Waals surface area contributed by atoms with Crippen LogP contribution in [-0.2, 0) is 18.3 Å². The highest BCUT2D eigenvalue weighted by Crippen LogP contribution is 2.43. The Morgan fingerprint density at radius 2 is 2.07 bits per heavy atom. The van der Waals surface area contributed by atoms with Crippen LogP contribution in [0, 0.1) is 17.1 Å². The van der Waals surface area contributed by atoms with Gasteiger partial charge in [-0.25, -0.2) is 19.3 Å². The summed E-state index contributed by atoms with van der Waals surface area (Å²) >= 11 is 6.28. The Bertz CT molecular complexity index is 1840. The number of nitrogens with zero attached hydrogens (tertiary/aromatic N) is 6. The average molecular weight is 595 g/mol. The molecule has 3 N–H and O–H groups in total. The number of carbonyl (C=O) groups excluding carboxylic acids is 1. The van der Waals surface area contributed by atoms with Gasteiger partial charge in [0.1, 0.15) is 23.0 Å². The zero-order valence-electron chi connectivity index (χ0n) is 23.6. The molecule has 1 aliphatic rings. The van der Waals surface area contributed by atoms with E-state index in [0.29, 0.717) is 11.1 Å². The largest absolute Gasteiger partial charge is 0.489 e. The number of anilines is 1. The number of amides is 1. The number of aryl methyl sites for hydroxylation is 1. The van der Waals surface area contributed by atoms with Crippen molar-refractivity contribution in [2.45, 2.75) is 51.9 Å². The van der Waals surface area contributed by atoms with E-state index >= 15 is 4.39 Å². The van der Waals surface area contributed by atoms with Crippen molar-refractivity contribution in [2.75, 3.05) is 11.9 Å². The topological polar surface area (TPSA) is 165 Å². The molecule has 0 bridgehead atoms. The highest BCUT2D eigenvalue weighted by Gasteiger charge is 2.31. The smallest absolute Gasteiger partial charge is 0.415 e. The number of fused-ring (bicyclic) bond motifs is 1. The van der Waals surface area contributed by atoms with Gasteiger partial charge in [0.15, 0.2) is 11.6 Å². The van der Waals surface area contributed by atoms with E-state index in [1.165, 1.54) is 24.0 Å². The summed E-state index contributed by atoms with van der Waals surface area (Å²) < 4.78 is 28.6. The Balaban J connectivity index is 1.79. The lowest BCUT2D eigenvalue weighted by Gasteiger charge is -2.25. The lowest BCUT2D eigenvalue weighted by Crippen LogP contribution is -2.35. The van der Waals surface area contributed by atoms with E-state index in [1.54, 1.807) is 33.9 Å². The number of halogens is 2. The van der Waals surface area contributed by atoms with Gasteiger partial charge in [-0.05, 0) is 39.7 Å². The van der Waals surface area contributed by atoms with Gasteiger partial charge in [0.2, 0.25) is 0 Å². The molecule has 0 saturated heterocycles. The van der Waals surface area contributed by atoms with Crippen LogP contribution in [0.5, 0.6) is 5.75 Å². The number of benzene rings is 1. The molecule has 1 saturated carbocycles. The van der Waals surface area contributed by atoms with E-state index in [2.05, 4.69) is 26.3 Å². The molecular formula is C28H28ClFN8O4. The van der Waals surface area contributed by atoms with Crippen LogP contribution in [0.25, 0.3) is 33.3 Å². The van der Waals surface area contributed by atoms with Crippen molar-refractivity contribution in [2.24, 2.45) is 12.8 Å². The predicted molar refractivity (Wildman–Crippen MR) is 154 cm³/mol. The second kappa shape index (κ2) is 10.7. The van der Waals surface area contributed by atoms with Crippen molar-refractivity contribution in [3.8, 4) is 34.3 Å². The number of nitrogens with one attached hydrogen (secondary N) is 1. The number of hydrogen-bond donors (Lipinski definition) is 2. The summed E-state index contributed by atoms with van der Waals surface area (Å²) in [6, 6.07) is 4.91. The van der Waals surface area contributed by atoms with Crippen LogP contribution in [0.2, 0.25) is 5.02 Å². The molecule has 5 rings (SSSR count). The highest BCUT2D eigenvalue weighted by molar-refractivity contribution is 6.31. The summed E-state index contributed by atoms with van der Waals surface area (Å²) in [5, 5.41) is 21.0. The molecule has 1 aromatic carbocycles. The lowest BCUT2D eigenvalue weighted by molar-refractivity contribution is 0.0588. The van der Waals surface area contributed by atoms with Gasteiger partial charge in [-0.15, -0.1) is 0 Å². The molecular weight excluding hydrogens is 567 g/mol. The zero-order chi connectivity index (χ0) is 30.5. The minimum Gasteiger partial charge on any atom is -0.489 e. The minimum absolute atomic E-state index is 0.0460. The number of aromatic amines is 1. The second-order valence-corrected chi connectivity index (χ2v) is 11.3. The first-order valence-electron chi connectivity index (χ1n) is 13.0. The van der Waals surface area contributed by atoms with Crippen LogP contribution in [0.1, 0.15) is 44.9 Å². The van der Waals surface area contributed by atoms with Gasteiger partial charge < -0.3 is 15.2 Å². The third kappa shape index (κ3) is 5.26. The molecule has 42 heavy (non-hydrogen) atoms. The van der Waals surface area contributed by atoms with E-state index < -0.39 is 23.1 Å². The van der Waals surface area contributed by atoms with E-state index in [0.717, 1.165) is 17.7 Å². The Morgan fingerprint density at radius 1 is 1.36 bits per heavy atom. The van der Waals surface area contributed by atoms with E-state index in [4.69, 9.17) is 26.8 Å². The number of nitrogens with two attached hydrogens (primary N) is 1. The number of H-pyrrole nitrogens is 1.